The molecule has 1 unspecified atom stereocenters. The van der Waals surface area contributed by atoms with Crippen LogP contribution in [0.4, 0.5) is 0 Å². The Hall–Kier alpha value is -2.19. The van der Waals surface area contributed by atoms with Crippen LogP contribution >= 0.6 is 0 Å². The first-order valence-electron chi connectivity index (χ1n) is 9.10. The molecule has 1 saturated carbocycles. The minimum Gasteiger partial charge on any atom is -0.473 e. The van der Waals surface area contributed by atoms with E-state index < -0.39 is 5.91 Å². The molecule has 1 aliphatic carbocycles. The van der Waals surface area contributed by atoms with Gasteiger partial charge in [0.2, 0.25) is 11.8 Å². The molecule has 3 heterocycles. The number of aromatic nitrogens is 3. The molecule has 0 spiro atoms. The predicted octanol–water partition coefficient (Wildman–Crippen LogP) is 1.71. The number of primary amides is 1. The molecule has 2 fully saturated rings. The van der Waals surface area contributed by atoms with Crippen molar-refractivity contribution in [2.75, 3.05) is 13.7 Å². The van der Waals surface area contributed by atoms with Crippen molar-refractivity contribution in [3.63, 3.8) is 0 Å². The molecule has 8 heteroatoms. The molecule has 1 amide bonds. The number of amides is 1. The number of nitrogens with two attached hydrogens (primary N) is 1. The quantitative estimate of drug-likeness (QED) is 0.841. The van der Waals surface area contributed by atoms with Crippen molar-refractivity contribution < 1.29 is 19.0 Å². The molecule has 26 heavy (non-hydrogen) atoms. The summed E-state index contributed by atoms with van der Waals surface area (Å²) in [6, 6.07) is 1.86. The molecule has 140 valence electrons. The van der Waals surface area contributed by atoms with Gasteiger partial charge in [-0.1, -0.05) is 0 Å². The van der Waals surface area contributed by atoms with Crippen LogP contribution in [0, 0.1) is 0 Å². The molecule has 1 saturated heterocycles. The van der Waals surface area contributed by atoms with Gasteiger partial charge in [-0.2, -0.15) is 0 Å². The maximum absolute atomic E-state index is 11.2. The third kappa shape index (κ3) is 3.39. The smallest absolute Gasteiger partial charge is 0.242 e. The van der Waals surface area contributed by atoms with Gasteiger partial charge >= 0.3 is 0 Å². The zero-order valence-corrected chi connectivity index (χ0v) is 14.9. The largest absolute Gasteiger partial charge is 0.473 e. The van der Waals surface area contributed by atoms with Gasteiger partial charge in [0.1, 0.15) is 6.10 Å². The maximum Gasteiger partial charge on any atom is 0.242 e. The van der Waals surface area contributed by atoms with Gasteiger partial charge in [-0.25, -0.2) is 4.68 Å². The Bertz CT molecular complexity index is 794. The second-order valence-electron chi connectivity index (χ2n) is 6.98. The van der Waals surface area contributed by atoms with Crippen LogP contribution in [-0.4, -0.2) is 46.6 Å². The summed E-state index contributed by atoms with van der Waals surface area (Å²) in [4.78, 5) is 15.6. The van der Waals surface area contributed by atoms with Crippen molar-refractivity contribution in [2.45, 2.75) is 57.0 Å². The van der Waals surface area contributed by atoms with E-state index in [1.165, 1.54) is 0 Å². The third-order valence-electron chi connectivity index (χ3n) is 5.06. The number of hydrogen-bond acceptors (Lipinski definition) is 6. The van der Waals surface area contributed by atoms with Gasteiger partial charge < -0.3 is 19.9 Å². The first kappa shape index (κ1) is 17.2. The number of ether oxygens (including phenoxy) is 3. The summed E-state index contributed by atoms with van der Waals surface area (Å²) >= 11 is 0. The minimum atomic E-state index is -0.409. The van der Waals surface area contributed by atoms with E-state index in [4.69, 9.17) is 19.9 Å². The number of hydrogen-bond donors (Lipinski definition) is 1. The summed E-state index contributed by atoms with van der Waals surface area (Å²) in [5, 5.41) is 5.51. The highest BCUT2D eigenvalue weighted by atomic mass is 16.5. The monoisotopic (exact) mass is 360 g/mol. The van der Waals surface area contributed by atoms with Crippen molar-refractivity contribution in [3.05, 3.63) is 18.0 Å². The average Bonchev–Trinajstić information content (AvgIpc) is 2.96. The van der Waals surface area contributed by atoms with Crippen LogP contribution in [-0.2, 0) is 20.7 Å². The average molecular weight is 360 g/mol. The van der Waals surface area contributed by atoms with Gasteiger partial charge in [-0.3, -0.25) is 9.78 Å². The van der Waals surface area contributed by atoms with Gasteiger partial charge in [0.15, 0.2) is 6.23 Å². The molecule has 0 bridgehead atoms. The number of pyridine rings is 1. The maximum atomic E-state index is 11.2. The number of fused-ring (bicyclic) bond motifs is 1. The van der Waals surface area contributed by atoms with Crippen LogP contribution < -0.4 is 10.5 Å². The van der Waals surface area contributed by atoms with Crippen molar-refractivity contribution in [3.8, 4) is 5.88 Å². The molecular formula is C18H24N4O4. The van der Waals surface area contributed by atoms with Crippen molar-refractivity contribution in [1.82, 2.24) is 14.8 Å². The van der Waals surface area contributed by atoms with Crippen LogP contribution in [0.1, 0.15) is 44.0 Å². The lowest BCUT2D eigenvalue weighted by Crippen LogP contribution is -2.39. The number of methoxy groups -OCH3 is 1. The zero-order chi connectivity index (χ0) is 18.1. The van der Waals surface area contributed by atoms with Crippen LogP contribution in [0.2, 0.25) is 0 Å². The molecular weight excluding hydrogens is 336 g/mol. The van der Waals surface area contributed by atoms with E-state index >= 15 is 0 Å². The summed E-state index contributed by atoms with van der Waals surface area (Å²) in [7, 11) is 1.72. The molecule has 2 aromatic rings. The summed E-state index contributed by atoms with van der Waals surface area (Å²) in [5.41, 5.74) is 6.79. The lowest BCUT2D eigenvalue weighted by Gasteiger charge is -2.33. The highest BCUT2D eigenvalue weighted by Crippen LogP contribution is 2.34. The second-order valence-corrected chi connectivity index (χ2v) is 6.98. The highest BCUT2D eigenvalue weighted by molar-refractivity contribution is 5.85. The number of carbonyl (C=O) groups excluding carboxylic acids is 1. The fraction of sp³-hybridized carbons (Fsp3) is 0.611. The molecule has 4 rings (SSSR count). The SMILES string of the molecule is COC1CC(Oc2nn(C3CCCCO3)c3cc(CC(N)=O)ncc23)C1. The van der Waals surface area contributed by atoms with Gasteiger partial charge in [-0.05, 0) is 25.3 Å². The number of carbonyl (C=O) groups is 1. The van der Waals surface area contributed by atoms with Crippen molar-refractivity contribution in [1.29, 1.82) is 0 Å². The molecule has 1 aliphatic heterocycles. The van der Waals surface area contributed by atoms with E-state index in [-0.39, 0.29) is 24.9 Å². The zero-order valence-electron chi connectivity index (χ0n) is 14.9. The Balaban J connectivity index is 1.66. The number of nitrogens with zero attached hydrogens (tertiary/aromatic N) is 3. The van der Waals surface area contributed by atoms with E-state index in [0.717, 1.165) is 49.6 Å². The van der Waals surface area contributed by atoms with Gasteiger partial charge in [0.25, 0.3) is 0 Å². The minimum absolute atomic E-state index is 0.0982. The number of rotatable bonds is 6. The van der Waals surface area contributed by atoms with Gasteiger partial charge in [0, 0.05) is 32.8 Å². The van der Waals surface area contributed by atoms with Crippen LogP contribution in [0.15, 0.2) is 12.3 Å². The predicted molar refractivity (Wildman–Crippen MR) is 93.7 cm³/mol. The van der Waals surface area contributed by atoms with E-state index in [2.05, 4.69) is 10.1 Å². The van der Waals surface area contributed by atoms with Gasteiger partial charge in [0.05, 0.1) is 29.1 Å². The third-order valence-corrected chi connectivity index (χ3v) is 5.06. The molecule has 2 aliphatic rings. The van der Waals surface area contributed by atoms with E-state index in [9.17, 15) is 4.79 Å². The molecule has 2 N–H and O–H groups in total. The molecule has 8 nitrogen and oxygen atoms in total. The Morgan fingerprint density at radius 2 is 2.23 bits per heavy atom. The lowest BCUT2D eigenvalue weighted by atomic mass is 9.92. The topological polar surface area (TPSA) is 101 Å². The van der Waals surface area contributed by atoms with Crippen molar-refractivity contribution in [2.24, 2.45) is 5.73 Å². The summed E-state index contributed by atoms with van der Waals surface area (Å²) in [5.74, 6) is 0.153. The summed E-state index contributed by atoms with van der Waals surface area (Å²) < 4.78 is 19.2. The summed E-state index contributed by atoms with van der Waals surface area (Å²) in [6.45, 7) is 0.722. The standard InChI is InChI=1S/C18H24N4O4/c1-24-12-8-13(9-12)26-18-14-10-20-11(7-16(19)23)6-15(14)22(21-18)17-4-2-3-5-25-17/h6,10,12-13,17H,2-5,7-9H2,1H3,(H2,19,23). The fourth-order valence-electron chi connectivity index (χ4n) is 3.51. The first-order chi connectivity index (χ1) is 12.6. The second kappa shape index (κ2) is 7.20. The fourth-order valence-corrected chi connectivity index (χ4v) is 3.51. The Morgan fingerprint density at radius 1 is 1.38 bits per heavy atom. The van der Waals surface area contributed by atoms with E-state index in [1.807, 2.05) is 10.7 Å². The van der Waals surface area contributed by atoms with Gasteiger partial charge in [-0.15, -0.1) is 5.10 Å². The van der Waals surface area contributed by atoms with Crippen LogP contribution in [0.3, 0.4) is 0 Å². The van der Waals surface area contributed by atoms with Crippen LogP contribution in [0.5, 0.6) is 5.88 Å². The first-order valence-corrected chi connectivity index (χ1v) is 9.10. The molecule has 0 radical (unpaired) electrons. The van der Waals surface area contributed by atoms with Crippen molar-refractivity contribution >= 4 is 16.8 Å². The Labute approximate surface area is 151 Å². The normalized spacial score (nSPS) is 25.8. The van der Waals surface area contributed by atoms with E-state index in [0.29, 0.717) is 11.6 Å². The van der Waals surface area contributed by atoms with E-state index in [1.54, 1.807) is 13.3 Å². The summed E-state index contributed by atoms with van der Waals surface area (Å²) in [6.07, 6.45) is 6.82. The highest BCUT2D eigenvalue weighted by Gasteiger charge is 2.32. The van der Waals surface area contributed by atoms with Crippen LogP contribution in [0.25, 0.3) is 10.9 Å². The molecule has 1 atom stereocenters. The molecule has 2 aromatic heterocycles. The Kier molecular flexibility index (Phi) is 4.78. The molecule has 0 aromatic carbocycles. The Morgan fingerprint density at radius 3 is 2.92 bits per heavy atom. The lowest BCUT2D eigenvalue weighted by molar-refractivity contribution is -0.117.